The summed E-state index contributed by atoms with van der Waals surface area (Å²) in [6.07, 6.45) is 0. The quantitative estimate of drug-likeness (QED) is 0.607. The molecular weight excluding hydrogens is 304 g/mol. The van der Waals surface area contributed by atoms with Gasteiger partial charge in [-0.05, 0) is 13.0 Å². The maximum atomic E-state index is 12.3. The third kappa shape index (κ3) is 3.39. The molecule has 2 N–H and O–H groups in total. The molecule has 0 saturated carbocycles. The van der Waals surface area contributed by atoms with E-state index >= 15 is 0 Å². The maximum absolute atomic E-state index is 12.3. The first-order valence-corrected chi connectivity index (χ1v) is 7.02. The number of anilines is 1. The van der Waals surface area contributed by atoms with Gasteiger partial charge >= 0.3 is 0 Å². The largest absolute Gasteiger partial charge is 0.482 e. The summed E-state index contributed by atoms with van der Waals surface area (Å²) >= 11 is 0. The second-order valence-corrected chi connectivity index (χ2v) is 5.27. The SMILES string of the molecule is CC(CN)N(C)C(=O)CN1C(=O)COc2ccc([N+](=O)[O-])cc21. The van der Waals surface area contributed by atoms with Crippen molar-refractivity contribution in [3.8, 4) is 5.75 Å². The Balaban J connectivity index is 2.29. The third-order valence-electron chi connectivity index (χ3n) is 3.79. The number of amides is 2. The van der Waals surface area contributed by atoms with E-state index in [1.165, 1.54) is 28.0 Å². The molecule has 23 heavy (non-hydrogen) atoms. The Labute approximate surface area is 132 Å². The molecule has 2 amide bonds. The summed E-state index contributed by atoms with van der Waals surface area (Å²) in [6.45, 7) is 1.64. The molecule has 9 nitrogen and oxygen atoms in total. The van der Waals surface area contributed by atoms with Gasteiger partial charge in [-0.2, -0.15) is 0 Å². The second-order valence-electron chi connectivity index (χ2n) is 5.27. The van der Waals surface area contributed by atoms with Crippen molar-refractivity contribution in [2.75, 3.05) is 31.6 Å². The van der Waals surface area contributed by atoms with Crippen LogP contribution < -0.4 is 15.4 Å². The standard InChI is InChI=1S/C14H18N4O5/c1-9(6-15)16(2)13(19)7-17-11-5-10(18(21)22)3-4-12(11)23-8-14(17)20/h3-5,9H,6-8,15H2,1-2H3. The van der Waals surface area contributed by atoms with E-state index in [0.717, 1.165) is 0 Å². The first kappa shape index (κ1) is 16.7. The lowest BCUT2D eigenvalue weighted by Gasteiger charge is -2.31. The van der Waals surface area contributed by atoms with Gasteiger partial charge in [-0.15, -0.1) is 0 Å². The van der Waals surface area contributed by atoms with Crippen molar-refractivity contribution in [3.63, 3.8) is 0 Å². The molecule has 1 heterocycles. The average molecular weight is 322 g/mol. The molecule has 1 aliphatic heterocycles. The van der Waals surface area contributed by atoms with Crippen LogP contribution in [-0.2, 0) is 9.59 Å². The molecule has 0 bridgehead atoms. The molecular formula is C14H18N4O5. The van der Waals surface area contributed by atoms with Crippen molar-refractivity contribution in [2.24, 2.45) is 5.73 Å². The zero-order chi connectivity index (χ0) is 17.1. The van der Waals surface area contributed by atoms with E-state index in [0.29, 0.717) is 12.3 Å². The molecule has 1 aromatic carbocycles. The van der Waals surface area contributed by atoms with Crippen LogP contribution in [0.5, 0.6) is 5.75 Å². The Kier molecular flexibility index (Phi) is 4.80. The highest BCUT2D eigenvalue weighted by atomic mass is 16.6. The predicted octanol–water partition coefficient (Wildman–Crippen LogP) is 0.126. The summed E-state index contributed by atoms with van der Waals surface area (Å²) < 4.78 is 5.25. The molecule has 2 rings (SSSR count). The Morgan fingerprint density at radius 1 is 1.57 bits per heavy atom. The molecule has 0 spiro atoms. The highest BCUT2D eigenvalue weighted by Gasteiger charge is 2.30. The van der Waals surface area contributed by atoms with Crippen LogP contribution in [0.15, 0.2) is 18.2 Å². The Hall–Kier alpha value is -2.68. The summed E-state index contributed by atoms with van der Waals surface area (Å²) in [5.74, 6) is -0.409. The number of ether oxygens (including phenoxy) is 1. The highest BCUT2D eigenvalue weighted by Crippen LogP contribution is 2.35. The fourth-order valence-electron chi connectivity index (χ4n) is 2.13. The van der Waals surface area contributed by atoms with Crippen molar-refractivity contribution in [3.05, 3.63) is 28.3 Å². The van der Waals surface area contributed by atoms with Gasteiger partial charge in [0.15, 0.2) is 6.61 Å². The maximum Gasteiger partial charge on any atom is 0.271 e. The number of non-ortho nitro benzene ring substituents is 1. The lowest BCUT2D eigenvalue weighted by molar-refractivity contribution is -0.384. The minimum Gasteiger partial charge on any atom is -0.482 e. The van der Waals surface area contributed by atoms with E-state index in [1.54, 1.807) is 14.0 Å². The Morgan fingerprint density at radius 2 is 2.26 bits per heavy atom. The molecule has 0 aliphatic carbocycles. The topological polar surface area (TPSA) is 119 Å². The molecule has 0 saturated heterocycles. The van der Waals surface area contributed by atoms with Crippen LogP contribution in [-0.4, -0.2) is 54.4 Å². The number of hydrogen-bond donors (Lipinski definition) is 1. The monoisotopic (exact) mass is 322 g/mol. The number of nitrogens with zero attached hydrogens (tertiary/aromatic N) is 3. The fourth-order valence-corrected chi connectivity index (χ4v) is 2.13. The van der Waals surface area contributed by atoms with Gasteiger partial charge < -0.3 is 15.4 Å². The van der Waals surface area contributed by atoms with Gasteiger partial charge in [0.25, 0.3) is 11.6 Å². The summed E-state index contributed by atoms with van der Waals surface area (Å²) in [4.78, 5) is 37.3. The lowest BCUT2D eigenvalue weighted by atomic mass is 10.2. The average Bonchev–Trinajstić information content (AvgIpc) is 2.55. The molecule has 1 aliphatic rings. The van der Waals surface area contributed by atoms with Gasteiger partial charge in [-0.25, -0.2) is 0 Å². The minimum absolute atomic E-state index is 0.178. The summed E-state index contributed by atoms with van der Waals surface area (Å²) in [7, 11) is 1.60. The highest BCUT2D eigenvalue weighted by molar-refractivity contribution is 6.02. The van der Waals surface area contributed by atoms with Crippen LogP contribution in [0.25, 0.3) is 0 Å². The first-order valence-electron chi connectivity index (χ1n) is 7.02. The number of fused-ring (bicyclic) bond motifs is 1. The van der Waals surface area contributed by atoms with Gasteiger partial charge in [0.2, 0.25) is 5.91 Å². The smallest absolute Gasteiger partial charge is 0.271 e. The fraction of sp³-hybridized carbons (Fsp3) is 0.429. The zero-order valence-corrected chi connectivity index (χ0v) is 12.9. The van der Waals surface area contributed by atoms with Crippen molar-refractivity contribution in [1.29, 1.82) is 0 Å². The number of carbonyl (C=O) groups is 2. The summed E-state index contributed by atoms with van der Waals surface area (Å²) in [6, 6.07) is 3.76. The number of hydrogen-bond acceptors (Lipinski definition) is 6. The van der Waals surface area contributed by atoms with Crippen LogP contribution in [0.1, 0.15) is 6.92 Å². The van der Waals surface area contributed by atoms with Crippen molar-refractivity contribution in [1.82, 2.24) is 4.90 Å². The normalized spacial score (nSPS) is 14.7. The van der Waals surface area contributed by atoms with Gasteiger partial charge in [0.05, 0.1) is 10.6 Å². The van der Waals surface area contributed by atoms with Crippen LogP contribution in [0.4, 0.5) is 11.4 Å². The molecule has 9 heteroatoms. The van der Waals surface area contributed by atoms with Crippen LogP contribution in [0.3, 0.4) is 0 Å². The van der Waals surface area contributed by atoms with E-state index < -0.39 is 10.8 Å². The summed E-state index contributed by atoms with van der Waals surface area (Å²) in [5, 5.41) is 10.9. The number of nitro groups is 1. The zero-order valence-electron chi connectivity index (χ0n) is 12.9. The van der Waals surface area contributed by atoms with E-state index in [2.05, 4.69) is 0 Å². The lowest BCUT2D eigenvalue weighted by Crippen LogP contribution is -2.48. The number of nitrogens with two attached hydrogens (primary N) is 1. The van der Waals surface area contributed by atoms with E-state index in [-0.39, 0.29) is 36.5 Å². The van der Waals surface area contributed by atoms with Gasteiger partial charge in [0, 0.05) is 31.8 Å². The van der Waals surface area contributed by atoms with Gasteiger partial charge in [-0.1, -0.05) is 0 Å². The number of benzene rings is 1. The molecule has 0 aromatic heterocycles. The molecule has 124 valence electrons. The van der Waals surface area contributed by atoms with Crippen molar-refractivity contribution in [2.45, 2.75) is 13.0 Å². The Bertz CT molecular complexity index is 648. The van der Waals surface area contributed by atoms with Crippen molar-refractivity contribution >= 4 is 23.2 Å². The van der Waals surface area contributed by atoms with Gasteiger partial charge in [-0.3, -0.25) is 24.6 Å². The van der Waals surface area contributed by atoms with E-state index in [1.807, 2.05) is 0 Å². The number of likely N-dealkylation sites (N-methyl/N-ethyl adjacent to an activating group) is 1. The minimum atomic E-state index is -0.567. The predicted molar refractivity (Wildman–Crippen MR) is 82.2 cm³/mol. The molecule has 1 atom stereocenters. The number of carbonyl (C=O) groups excluding carboxylic acids is 2. The second kappa shape index (κ2) is 6.61. The third-order valence-corrected chi connectivity index (χ3v) is 3.79. The van der Waals surface area contributed by atoms with Crippen LogP contribution in [0, 0.1) is 10.1 Å². The number of nitro benzene ring substituents is 1. The van der Waals surface area contributed by atoms with Crippen molar-refractivity contribution < 1.29 is 19.2 Å². The first-order chi connectivity index (χ1) is 10.8. The van der Waals surface area contributed by atoms with Crippen LogP contribution >= 0.6 is 0 Å². The van der Waals surface area contributed by atoms with E-state index in [4.69, 9.17) is 10.5 Å². The molecule has 0 radical (unpaired) electrons. The van der Waals surface area contributed by atoms with Gasteiger partial charge in [0.1, 0.15) is 12.3 Å². The molecule has 1 aromatic rings. The molecule has 0 fully saturated rings. The van der Waals surface area contributed by atoms with Crippen LogP contribution in [0.2, 0.25) is 0 Å². The number of rotatable bonds is 5. The van der Waals surface area contributed by atoms with E-state index in [9.17, 15) is 19.7 Å². The molecule has 1 unspecified atom stereocenters. The summed E-state index contributed by atoms with van der Waals surface area (Å²) in [5.41, 5.74) is 5.57. The Morgan fingerprint density at radius 3 is 2.87 bits per heavy atom.